The van der Waals surface area contributed by atoms with Crippen molar-refractivity contribution < 1.29 is 9.59 Å². The normalized spacial score (nSPS) is 17.0. The number of rotatable bonds is 2. The van der Waals surface area contributed by atoms with E-state index in [2.05, 4.69) is 5.10 Å². The maximum absolute atomic E-state index is 12.8. The zero-order chi connectivity index (χ0) is 16.5. The zero-order valence-corrected chi connectivity index (χ0v) is 13.5. The molecule has 6 nitrogen and oxygen atoms in total. The van der Waals surface area contributed by atoms with E-state index in [-0.39, 0.29) is 11.8 Å². The van der Waals surface area contributed by atoms with Crippen molar-refractivity contribution in [3.63, 3.8) is 0 Å². The monoisotopic (exact) mass is 324 g/mol. The lowest BCUT2D eigenvalue weighted by atomic mass is 10.1. The van der Waals surface area contributed by atoms with Crippen molar-refractivity contribution in [1.82, 2.24) is 14.7 Å². The fourth-order valence-electron chi connectivity index (χ4n) is 3.46. The van der Waals surface area contributed by atoms with E-state index in [0.717, 1.165) is 31.7 Å². The molecule has 1 saturated heterocycles. The van der Waals surface area contributed by atoms with Crippen LogP contribution in [0.2, 0.25) is 0 Å². The molecule has 3 heterocycles. The molecule has 0 bridgehead atoms. The molecule has 0 saturated carbocycles. The highest BCUT2D eigenvalue weighted by atomic mass is 16.2. The topological polar surface area (TPSA) is 58.4 Å². The Bertz CT molecular complexity index is 777. The summed E-state index contributed by atoms with van der Waals surface area (Å²) in [4.78, 5) is 29.1. The van der Waals surface area contributed by atoms with E-state index in [1.165, 1.54) is 6.42 Å². The quantitative estimate of drug-likeness (QED) is 0.851. The second-order valence-electron chi connectivity index (χ2n) is 6.30. The molecular weight excluding hydrogens is 304 g/mol. The van der Waals surface area contributed by atoms with Crippen LogP contribution < -0.4 is 4.90 Å². The number of hydrogen-bond donors (Lipinski definition) is 0. The maximum Gasteiger partial charge on any atom is 0.259 e. The highest BCUT2D eigenvalue weighted by Gasteiger charge is 2.27. The van der Waals surface area contributed by atoms with E-state index in [0.29, 0.717) is 24.2 Å². The summed E-state index contributed by atoms with van der Waals surface area (Å²) in [5, 5.41) is 4.19. The van der Waals surface area contributed by atoms with Crippen LogP contribution in [0.15, 0.2) is 36.5 Å². The Hall–Kier alpha value is -2.63. The third kappa shape index (κ3) is 2.58. The van der Waals surface area contributed by atoms with Gasteiger partial charge in [-0.2, -0.15) is 5.10 Å². The van der Waals surface area contributed by atoms with Gasteiger partial charge in [-0.25, -0.2) is 4.68 Å². The molecule has 0 spiro atoms. The van der Waals surface area contributed by atoms with Crippen LogP contribution in [0.5, 0.6) is 0 Å². The summed E-state index contributed by atoms with van der Waals surface area (Å²) in [7, 11) is 0. The van der Waals surface area contributed by atoms with Crippen molar-refractivity contribution in [3.05, 3.63) is 47.7 Å². The molecule has 0 radical (unpaired) electrons. The van der Waals surface area contributed by atoms with Gasteiger partial charge in [-0.05, 0) is 37.5 Å². The van der Waals surface area contributed by atoms with Gasteiger partial charge in [-0.3, -0.25) is 14.5 Å². The van der Waals surface area contributed by atoms with Crippen molar-refractivity contribution in [2.24, 2.45) is 0 Å². The first-order valence-electron chi connectivity index (χ1n) is 8.47. The van der Waals surface area contributed by atoms with Crippen LogP contribution in [0, 0.1) is 0 Å². The van der Waals surface area contributed by atoms with Crippen molar-refractivity contribution in [1.29, 1.82) is 0 Å². The first kappa shape index (κ1) is 14.9. The van der Waals surface area contributed by atoms with Crippen molar-refractivity contribution in [2.45, 2.75) is 25.8 Å². The minimum absolute atomic E-state index is 0.0239. The Balaban J connectivity index is 1.56. The summed E-state index contributed by atoms with van der Waals surface area (Å²) in [5.41, 5.74) is 1.14. The molecule has 4 rings (SSSR count). The fraction of sp³-hybridized carbons (Fsp3) is 0.389. The molecule has 1 aromatic carbocycles. The highest BCUT2D eigenvalue weighted by molar-refractivity contribution is 6.07. The van der Waals surface area contributed by atoms with Crippen LogP contribution in [0.1, 0.15) is 40.0 Å². The second-order valence-corrected chi connectivity index (χ2v) is 6.30. The number of hydrogen-bond acceptors (Lipinski definition) is 3. The third-order valence-corrected chi connectivity index (χ3v) is 4.75. The van der Waals surface area contributed by atoms with E-state index >= 15 is 0 Å². The average Bonchev–Trinajstić information content (AvgIpc) is 3.25. The highest BCUT2D eigenvalue weighted by Crippen LogP contribution is 2.23. The predicted octanol–water partition coefficient (Wildman–Crippen LogP) is 2.17. The first-order valence-corrected chi connectivity index (χ1v) is 8.47. The van der Waals surface area contributed by atoms with Crippen molar-refractivity contribution in [3.8, 4) is 0 Å². The lowest BCUT2D eigenvalue weighted by Gasteiger charge is -2.27. The summed E-state index contributed by atoms with van der Waals surface area (Å²) >= 11 is 0. The average molecular weight is 324 g/mol. The molecule has 2 aromatic rings. The predicted molar refractivity (Wildman–Crippen MR) is 90.1 cm³/mol. The largest absolute Gasteiger partial charge is 0.339 e. The van der Waals surface area contributed by atoms with Crippen LogP contribution in [0.25, 0.3) is 0 Å². The maximum atomic E-state index is 12.8. The van der Waals surface area contributed by atoms with Crippen molar-refractivity contribution >= 4 is 17.6 Å². The number of benzene rings is 1. The molecule has 2 amide bonds. The summed E-state index contributed by atoms with van der Waals surface area (Å²) < 4.78 is 1.82. The number of anilines is 1. The van der Waals surface area contributed by atoms with Crippen LogP contribution >= 0.6 is 0 Å². The van der Waals surface area contributed by atoms with Crippen LogP contribution in [-0.4, -0.2) is 46.1 Å². The molecular formula is C18H20N4O2. The van der Waals surface area contributed by atoms with Gasteiger partial charge in [0, 0.05) is 36.8 Å². The molecule has 2 aliphatic rings. The standard InChI is InChI=1S/C18H20N4O2/c23-17(20-9-2-1-3-10-20)14-5-4-6-15(13-14)18(24)21-11-12-22-16(21)7-8-19-22/h4-8,13H,1-3,9-12H2. The van der Waals surface area contributed by atoms with Gasteiger partial charge < -0.3 is 4.90 Å². The Labute approximate surface area is 140 Å². The van der Waals surface area contributed by atoms with E-state index in [4.69, 9.17) is 0 Å². The van der Waals surface area contributed by atoms with Crippen LogP contribution in [0.4, 0.5) is 5.82 Å². The lowest BCUT2D eigenvalue weighted by molar-refractivity contribution is 0.0724. The Kier molecular flexibility index (Phi) is 3.80. The van der Waals surface area contributed by atoms with Crippen molar-refractivity contribution in [2.75, 3.05) is 24.5 Å². The van der Waals surface area contributed by atoms with Gasteiger partial charge in [-0.1, -0.05) is 6.07 Å². The van der Waals surface area contributed by atoms with E-state index in [1.54, 1.807) is 35.4 Å². The summed E-state index contributed by atoms with van der Waals surface area (Å²) in [6.07, 6.45) is 5.00. The number of piperidine rings is 1. The Morgan fingerprint density at radius 2 is 1.62 bits per heavy atom. The number of carbonyl (C=O) groups excluding carboxylic acids is 2. The smallest absolute Gasteiger partial charge is 0.259 e. The third-order valence-electron chi connectivity index (χ3n) is 4.75. The molecule has 124 valence electrons. The van der Waals surface area contributed by atoms with Gasteiger partial charge in [-0.15, -0.1) is 0 Å². The van der Waals surface area contributed by atoms with Gasteiger partial charge in [0.25, 0.3) is 11.8 Å². The lowest BCUT2D eigenvalue weighted by Crippen LogP contribution is -2.35. The number of amides is 2. The number of nitrogens with zero attached hydrogens (tertiary/aromatic N) is 4. The van der Waals surface area contributed by atoms with E-state index < -0.39 is 0 Å². The van der Waals surface area contributed by atoms with Crippen LogP contribution in [0.3, 0.4) is 0 Å². The number of carbonyl (C=O) groups is 2. The minimum Gasteiger partial charge on any atom is -0.339 e. The SMILES string of the molecule is O=C(c1cccc(C(=O)N2CCn3nccc32)c1)N1CCCCC1. The molecule has 0 unspecified atom stereocenters. The van der Waals surface area contributed by atoms with Gasteiger partial charge in [0.2, 0.25) is 0 Å². The Morgan fingerprint density at radius 1 is 0.875 bits per heavy atom. The van der Waals surface area contributed by atoms with Gasteiger partial charge in [0.1, 0.15) is 5.82 Å². The molecule has 1 fully saturated rings. The molecule has 1 aromatic heterocycles. The van der Waals surface area contributed by atoms with Crippen LogP contribution in [-0.2, 0) is 6.54 Å². The van der Waals surface area contributed by atoms with E-state index in [9.17, 15) is 9.59 Å². The molecule has 0 N–H and O–H groups in total. The minimum atomic E-state index is -0.0810. The summed E-state index contributed by atoms with van der Waals surface area (Å²) in [5.74, 6) is 0.756. The number of fused-ring (bicyclic) bond motifs is 1. The molecule has 6 heteroatoms. The van der Waals surface area contributed by atoms with E-state index in [1.807, 2.05) is 15.6 Å². The molecule has 0 aliphatic carbocycles. The molecule has 2 aliphatic heterocycles. The number of aromatic nitrogens is 2. The molecule has 24 heavy (non-hydrogen) atoms. The molecule has 0 atom stereocenters. The van der Waals surface area contributed by atoms with Gasteiger partial charge in [0.05, 0.1) is 12.7 Å². The van der Waals surface area contributed by atoms with Gasteiger partial charge >= 0.3 is 0 Å². The first-order chi connectivity index (χ1) is 11.7. The van der Waals surface area contributed by atoms with Gasteiger partial charge in [0.15, 0.2) is 0 Å². The Morgan fingerprint density at radius 3 is 2.42 bits per heavy atom. The zero-order valence-electron chi connectivity index (χ0n) is 13.5. The second kappa shape index (κ2) is 6.11. The summed E-state index contributed by atoms with van der Waals surface area (Å²) in [6, 6.07) is 8.92. The summed E-state index contributed by atoms with van der Waals surface area (Å²) in [6.45, 7) is 2.94. The fourth-order valence-corrected chi connectivity index (χ4v) is 3.46. The number of likely N-dealkylation sites (tertiary alicyclic amines) is 1.